The van der Waals surface area contributed by atoms with E-state index in [-0.39, 0.29) is 28.5 Å². The van der Waals surface area contributed by atoms with Gasteiger partial charge in [-0.2, -0.15) is 0 Å². The summed E-state index contributed by atoms with van der Waals surface area (Å²) >= 11 is 0. The summed E-state index contributed by atoms with van der Waals surface area (Å²) in [6, 6.07) is 6.14. The number of hydrogen-bond donors (Lipinski definition) is 1. The molecule has 35 heavy (non-hydrogen) atoms. The van der Waals surface area contributed by atoms with Crippen molar-refractivity contribution in [3.63, 3.8) is 0 Å². The van der Waals surface area contributed by atoms with Crippen molar-refractivity contribution in [1.29, 1.82) is 0 Å². The molecule has 1 aliphatic carbocycles. The molecule has 1 aliphatic rings. The fourth-order valence-electron chi connectivity index (χ4n) is 3.98. The summed E-state index contributed by atoms with van der Waals surface area (Å²) < 4.78 is 21.0. The van der Waals surface area contributed by atoms with Crippen LogP contribution in [0.5, 0.6) is 5.75 Å². The lowest BCUT2D eigenvalue weighted by atomic mass is 9.95. The molecular formula is C26H29NO8. The molecule has 2 aromatic rings. The second-order valence-electron chi connectivity index (χ2n) is 8.22. The van der Waals surface area contributed by atoms with Gasteiger partial charge in [0.25, 0.3) is 0 Å². The number of nitrogens with zero attached hydrogens (tertiary/aromatic N) is 1. The Hall–Kier alpha value is -3.88. The van der Waals surface area contributed by atoms with E-state index in [9.17, 15) is 19.5 Å². The highest BCUT2D eigenvalue weighted by atomic mass is 16.8. The molecule has 0 aliphatic heterocycles. The van der Waals surface area contributed by atoms with E-state index in [0.29, 0.717) is 17.0 Å². The number of esters is 1. The second-order valence-corrected chi connectivity index (χ2v) is 8.22. The van der Waals surface area contributed by atoms with Crippen LogP contribution in [-0.4, -0.2) is 47.7 Å². The van der Waals surface area contributed by atoms with Crippen molar-refractivity contribution < 1.29 is 38.4 Å². The van der Waals surface area contributed by atoms with Crippen molar-refractivity contribution in [2.45, 2.75) is 58.3 Å². The third-order valence-corrected chi connectivity index (χ3v) is 5.69. The molecule has 0 spiro atoms. The molecule has 1 unspecified atom stereocenters. The lowest BCUT2D eigenvalue weighted by molar-refractivity contribution is -0.0917. The number of ether oxygens (including phenoxy) is 4. The highest BCUT2D eigenvalue weighted by Gasteiger charge is 2.26. The first kappa shape index (κ1) is 25.7. The van der Waals surface area contributed by atoms with Crippen LogP contribution >= 0.6 is 0 Å². The Morgan fingerprint density at radius 1 is 1.11 bits per heavy atom. The van der Waals surface area contributed by atoms with Gasteiger partial charge >= 0.3 is 18.1 Å². The summed E-state index contributed by atoms with van der Waals surface area (Å²) in [5.41, 5.74) is 1.24. The molecule has 1 aromatic carbocycles. The van der Waals surface area contributed by atoms with Gasteiger partial charge in [0.1, 0.15) is 11.9 Å². The quantitative estimate of drug-likeness (QED) is 0.389. The third-order valence-electron chi connectivity index (χ3n) is 5.69. The van der Waals surface area contributed by atoms with E-state index in [0.717, 1.165) is 32.1 Å². The summed E-state index contributed by atoms with van der Waals surface area (Å²) in [6.07, 6.45) is 3.76. The predicted octanol–water partition coefficient (Wildman–Crippen LogP) is 5.40. The van der Waals surface area contributed by atoms with Gasteiger partial charge in [-0.3, -0.25) is 0 Å². The van der Waals surface area contributed by atoms with E-state index in [4.69, 9.17) is 18.9 Å². The monoisotopic (exact) mass is 483 g/mol. The Kier molecular flexibility index (Phi) is 8.46. The zero-order valence-electron chi connectivity index (χ0n) is 20.0. The van der Waals surface area contributed by atoms with Gasteiger partial charge in [0.15, 0.2) is 5.69 Å². The molecule has 1 aromatic heterocycles. The van der Waals surface area contributed by atoms with Crippen molar-refractivity contribution in [2.24, 2.45) is 0 Å². The lowest BCUT2D eigenvalue weighted by Crippen LogP contribution is -2.27. The number of carboxylic acid groups (broad SMARTS) is 1. The Morgan fingerprint density at radius 3 is 2.46 bits per heavy atom. The molecule has 3 rings (SSSR count). The highest BCUT2D eigenvalue weighted by molar-refractivity contribution is 6.02. The number of aromatic carboxylic acids is 1. The molecular weight excluding hydrogens is 454 g/mol. The summed E-state index contributed by atoms with van der Waals surface area (Å²) in [5, 5.41) is 9.79. The lowest BCUT2D eigenvalue weighted by Gasteiger charge is -2.22. The Morgan fingerprint density at radius 2 is 1.83 bits per heavy atom. The van der Waals surface area contributed by atoms with Gasteiger partial charge in [-0.05, 0) is 50.8 Å². The van der Waals surface area contributed by atoms with Crippen molar-refractivity contribution >= 4 is 24.2 Å². The fraction of sp³-hybridized carbons (Fsp3) is 0.385. The Labute approximate surface area is 203 Å². The zero-order valence-corrected chi connectivity index (χ0v) is 20.0. The third kappa shape index (κ3) is 6.38. The molecule has 1 atom stereocenters. The maximum absolute atomic E-state index is 13.0. The summed E-state index contributed by atoms with van der Waals surface area (Å²) in [7, 11) is 1.44. The topological polar surface area (TPSA) is 121 Å². The maximum atomic E-state index is 13.0. The summed E-state index contributed by atoms with van der Waals surface area (Å²) in [4.78, 5) is 41.4. The van der Waals surface area contributed by atoms with Gasteiger partial charge in [-0.25, -0.2) is 19.4 Å². The van der Waals surface area contributed by atoms with E-state index >= 15 is 0 Å². The number of aromatic nitrogens is 1. The molecule has 186 valence electrons. The van der Waals surface area contributed by atoms with Crippen molar-refractivity contribution in [2.75, 3.05) is 7.11 Å². The number of rotatable bonds is 8. The first-order chi connectivity index (χ1) is 16.7. The Balaban J connectivity index is 1.85. The average molecular weight is 484 g/mol. The van der Waals surface area contributed by atoms with Crippen molar-refractivity contribution in [3.05, 3.63) is 53.4 Å². The molecule has 0 bridgehead atoms. The molecule has 9 nitrogen and oxygen atoms in total. The van der Waals surface area contributed by atoms with Gasteiger partial charge in [-0.15, -0.1) is 0 Å². The summed E-state index contributed by atoms with van der Waals surface area (Å²) in [6.45, 7) is 6.75. The van der Waals surface area contributed by atoms with E-state index in [2.05, 4.69) is 11.6 Å². The molecule has 0 amide bonds. The normalized spacial score (nSPS) is 14.5. The smallest absolute Gasteiger partial charge is 0.496 e. The van der Waals surface area contributed by atoms with Crippen LogP contribution in [0.1, 0.15) is 71.1 Å². The van der Waals surface area contributed by atoms with Crippen LogP contribution in [0, 0.1) is 6.92 Å². The van der Waals surface area contributed by atoms with E-state index in [1.807, 2.05) is 0 Å². The predicted molar refractivity (Wildman–Crippen MR) is 127 cm³/mol. The van der Waals surface area contributed by atoms with Gasteiger partial charge in [0, 0.05) is 29.3 Å². The van der Waals surface area contributed by atoms with E-state index in [1.54, 1.807) is 19.1 Å². The highest BCUT2D eigenvalue weighted by Crippen LogP contribution is 2.34. The van der Waals surface area contributed by atoms with E-state index < -0.39 is 24.4 Å². The maximum Gasteiger partial charge on any atom is 0.511 e. The molecule has 0 saturated heterocycles. The first-order valence-corrected chi connectivity index (χ1v) is 11.4. The first-order valence-electron chi connectivity index (χ1n) is 11.4. The SMILES string of the molecule is C=Cc1cc(C(=O)O)c(-c2ccc(C)nc2C(=O)OC(C)OC(=O)OC2CCCCC2)cc1OC. The average Bonchev–Trinajstić information content (AvgIpc) is 2.83. The number of carboxylic acids is 1. The zero-order chi connectivity index (χ0) is 25.5. The fourth-order valence-corrected chi connectivity index (χ4v) is 3.98. The molecule has 1 N–H and O–H groups in total. The van der Waals surface area contributed by atoms with Gasteiger partial charge in [0.05, 0.1) is 12.7 Å². The van der Waals surface area contributed by atoms with Gasteiger partial charge in [0.2, 0.25) is 6.29 Å². The number of methoxy groups -OCH3 is 1. The summed E-state index contributed by atoms with van der Waals surface area (Å²) in [5.74, 6) is -1.71. The van der Waals surface area contributed by atoms with Crippen LogP contribution in [0.4, 0.5) is 4.79 Å². The largest absolute Gasteiger partial charge is 0.511 e. The van der Waals surface area contributed by atoms with Crippen LogP contribution in [0.15, 0.2) is 30.8 Å². The van der Waals surface area contributed by atoms with Crippen LogP contribution in [-0.2, 0) is 14.2 Å². The second kappa shape index (κ2) is 11.5. The van der Waals surface area contributed by atoms with Crippen LogP contribution in [0.2, 0.25) is 0 Å². The van der Waals surface area contributed by atoms with Crippen molar-refractivity contribution in [1.82, 2.24) is 4.98 Å². The molecule has 1 heterocycles. The van der Waals surface area contributed by atoms with Crippen LogP contribution in [0.3, 0.4) is 0 Å². The minimum atomic E-state index is -1.25. The standard InChI is InChI=1S/C26H29NO8/c1-5-17-13-21(24(28)29)20(14-22(17)32-4)19-12-11-15(2)27-23(19)25(30)33-16(3)34-26(31)35-18-9-7-6-8-10-18/h5,11-14,16,18H,1,6-10H2,2-4H3,(H,28,29). The van der Waals surface area contributed by atoms with Crippen LogP contribution in [0.25, 0.3) is 17.2 Å². The van der Waals surface area contributed by atoms with Crippen LogP contribution < -0.4 is 4.74 Å². The molecule has 1 saturated carbocycles. The number of carbonyl (C=O) groups is 3. The number of pyridine rings is 1. The number of aryl methyl sites for hydroxylation is 1. The van der Waals surface area contributed by atoms with Gasteiger partial charge in [-0.1, -0.05) is 25.1 Å². The molecule has 9 heteroatoms. The van der Waals surface area contributed by atoms with E-state index in [1.165, 1.54) is 32.2 Å². The molecule has 0 radical (unpaired) electrons. The Bertz CT molecular complexity index is 1120. The van der Waals surface area contributed by atoms with Crippen molar-refractivity contribution in [3.8, 4) is 16.9 Å². The number of hydrogen-bond acceptors (Lipinski definition) is 8. The molecule has 1 fully saturated rings. The number of benzene rings is 1. The minimum absolute atomic E-state index is 0.0687. The number of carbonyl (C=O) groups excluding carboxylic acids is 2. The minimum Gasteiger partial charge on any atom is -0.496 e. The van der Waals surface area contributed by atoms with Gasteiger partial charge < -0.3 is 24.1 Å².